The van der Waals surface area contributed by atoms with E-state index < -0.39 is 23.8 Å². The first-order chi connectivity index (χ1) is 12.8. The van der Waals surface area contributed by atoms with Gasteiger partial charge in [0.2, 0.25) is 0 Å². The van der Waals surface area contributed by atoms with Crippen molar-refractivity contribution in [3.8, 4) is 5.75 Å². The van der Waals surface area contributed by atoms with Crippen molar-refractivity contribution in [2.45, 2.75) is 45.8 Å². The topological polar surface area (TPSA) is 107 Å². The summed E-state index contributed by atoms with van der Waals surface area (Å²) >= 11 is 0. The smallest absolute Gasteiger partial charge is 0.259 e. The van der Waals surface area contributed by atoms with Gasteiger partial charge in [-0.15, -0.1) is 0 Å². The highest BCUT2D eigenvalue weighted by molar-refractivity contribution is 6.27. The first-order valence-electron chi connectivity index (χ1n) is 9.12. The Bertz CT molecular complexity index is 750. The molecular weight excluding hydrogens is 346 g/mol. The van der Waals surface area contributed by atoms with E-state index in [2.05, 4.69) is 5.32 Å². The molecular formula is C21H27NO5. The van der Waals surface area contributed by atoms with Crippen LogP contribution in [0.25, 0.3) is 0 Å². The van der Waals surface area contributed by atoms with Gasteiger partial charge in [-0.2, -0.15) is 0 Å². The first-order valence-corrected chi connectivity index (χ1v) is 9.12. The van der Waals surface area contributed by atoms with Crippen molar-refractivity contribution in [3.63, 3.8) is 0 Å². The van der Waals surface area contributed by atoms with E-state index >= 15 is 0 Å². The molecule has 0 saturated carbocycles. The third-order valence-electron chi connectivity index (χ3n) is 4.85. The van der Waals surface area contributed by atoms with Gasteiger partial charge >= 0.3 is 0 Å². The molecule has 27 heavy (non-hydrogen) atoms. The van der Waals surface area contributed by atoms with Crippen LogP contribution in [0.1, 0.15) is 45.3 Å². The molecule has 6 heteroatoms. The van der Waals surface area contributed by atoms with Gasteiger partial charge in [0.25, 0.3) is 5.91 Å². The molecule has 4 N–H and O–H groups in total. The highest BCUT2D eigenvalue weighted by atomic mass is 16.3. The average Bonchev–Trinajstić information content (AvgIpc) is 2.93. The van der Waals surface area contributed by atoms with Crippen LogP contribution in [0.5, 0.6) is 5.75 Å². The summed E-state index contributed by atoms with van der Waals surface area (Å²) in [6, 6.07) is 4.58. The lowest BCUT2D eigenvalue weighted by molar-refractivity contribution is -0.118. The van der Waals surface area contributed by atoms with Gasteiger partial charge in [0.1, 0.15) is 29.2 Å². The monoisotopic (exact) mass is 373 g/mol. The number of rotatable bonds is 7. The van der Waals surface area contributed by atoms with Crippen molar-refractivity contribution in [3.05, 3.63) is 53.3 Å². The number of carbonyl (C=O) groups excluding carboxylic acids is 2. The zero-order chi connectivity index (χ0) is 20.1. The third kappa shape index (κ3) is 4.77. The van der Waals surface area contributed by atoms with Crippen molar-refractivity contribution >= 4 is 11.7 Å². The number of phenolic OH excluding ortho intramolecular Hbond substituents is 1. The first kappa shape index (κ1) is 20.7. The maximum atomic E-state index is 12.7. The van der Waals surface area contributed by atoms with Crippen LogP contribution >= 0.6 is 0 Å². The Hall–Kier alpha value is -2.60. The van der Waals surface area contributed by atoms with Gasteiger partial charge < -0.3 is 20.6 Å². The Morgan fingerprint density at radius 2 is 1.85 bits per heavy atom. The molecule has 1 heterocycles. The number of nitrogens with one attached hydrogen (secondary N) is 1. The summed E-state index contributed by atoms with van der Waals surface area (Å²) in [6.45, 7) is 5.76. The number of carbonyl (C=O) groups is 2. The standard InChI is InChI=1S/C21H27NO5/c1-4-5-6-12(2)11-13(3)18(24)16-20(26)17(22-21(16)27)19(25)14-7-9-15(23)10-8-14/h4-5,7-10,12-13,17,19,23-25H,6,11H2,1-3H3,(H,22,27)/t12-,13-,17+,19-/m1/s1. The van der Waals surface area contributed by atoms with E-state index in [4.69, 9.17) is 0 Å². The second-order valence-electron chi connectivity index (χ2n) is 7.16. The van der Waals surface area contributed by atoms with Crippen molar-refractivity contribution in [2.75, 3.05) is 0 Å². The van der Waals surface area contributed by atoms with Crippen molar-refractivity contribution in [1.29, 1.82) is 0 Å². The Kier molecular flexibility index (Phi) is 6.80. The zero-order valence-corrected chi connectivity index (χ0v) is 15.8. The van der Waals surface area contributed by atoms with Crippen LogP contribution in [0, 0.1) is 11.8 Å². The van der Waals surface area contributed by atoms with Crippen LogP contribution < -0.4 is 5.32 Å². The van der Waals surface area contributed by atoms with E-state index in [1.54, 1.807) is 6.92 Å². The predicted molar refractivity (Wildman–Crippen MR) is 102 cm³/mol. The van der Waals surface area contributed by atoms with Crippen LogP contribution in [0.15, 0.2) is 47.7 Å². The Morgan fingerprint density at radius 1 is 1.22 bits per heavy atom. The van der Waals surface area contributed by atoms with Gasteiger partial charge in [-0.1, -0.05) is 38.1 Å². The molecule has 0 aliphatic carbocycles. The summed E-state index contributed by atoms with van der Waals surface area (Å²) in [7, 11) is 0. The van der Waals surface area contributed by atoms with E-state index in [9.17, 15) is 24.9 Å². The summed E-state index contributed by atoms with van der Waals surface area (Å²) in [5, 5.41) is 32.8. The molecule has 1 aliphatic heterocycles. The summed E-state index contributed by atoms with van der Waals surface area (Å²) in [4.78, 5) is 25.0. The molecule has 4 atom stereocenters. The molecule has 1 fully saturated rings. The van der Waals surface area contributed by atoms with Crippen molar-refractivity contribution < 1.29 is 24.9 Å². The zero-order valence-electron chi connectivity index (χ0n) is 15.8. The number of amides is 1. The third-order valence-corrected chi connectivity index (χ3v) is 4.85. The predicted octanol–water partition coefficient (Wildman–Crippen LogP) is 2.93. The highest BCUT2D eigenvalue weighted by Gasteiger charge is 2.43. The van der Waals surface area contributed by atoms with Gasteiger partial charge in [0.15, 0.2) is 5.78 Å². The van der Waals surface area contributed by atoms with Gasteiger partial charge in [-0.3, -0.25) is 9.59 Å². The molecule has 0 bridgehead atoms. The second-order valence-corrected chi connectivity index (χ2v) is 7.16. The molecule has 0 radical (unpaired) electrons. The lowest BCUT2D eigenvalue weighted by Crippen LogP contribution is -2.35. The summed E-state index contributed by atoms with van der Waals surface area (Å²) in [5.41, 5.74) is 0.115. The molecule has 6 nitrogen and oxygen atoms in total. The largest absolute Gasteiger partial charge is 0.511 e. The fourth-order valence-electron chi connectivity index (χ4n) is 3.30. The number of phenols is 1. The molecule has 146 valence electrons. The van der Waals surface area contributed by atoms with Crippen LogP contribution in [0.2, 0.25) is 0 Å². The Morgan fingerprint density at radius 3 is 2.44 bits per heavy atom. The molecule has 2 rings (SSSR count). The number of allylic oxidation sites excluding steroid dienone is 3. The van der Waals surface area contributed by atoms with Crippen LogP contribution in [-0.2, 0) is 9.59 Å². The van der Waals surface area contributed by atoms with E-state index in [-0.39, 0.29) is 28.9 Å². The van der Waals surface area contributed by atoms with E-state index in [1.807, 2.05) is 26.0 Å². The van der Waals surface area contributed by atoms with Crippen LogP contribution in [-0.4, -0.2) is 33.1 Å². The minimum atomic E-state index is -1.27. The van der Waals surface area contributed by atoms with Crippen molar-refractivity contribution in [2.24, 2.45) is 11.8 Å². The van der Waals surface area contributed by atoms with E-state index in [1.165, 1.54) is 24.3 Å². The SMILES string of the molecule is CC=CC[C@@H](C)C[C@@H](C)C(O)=C1C(=O)N[C@@H]([C@H](O)c2ccc(O)cc2)C1=O. The number of hydrogen-bond acceptors (Lipinski definition) is 5. The number of benzene rings is 1. The van der Waals surface area contributed by atoms with Crippen LogP contribution in [0.4, 0.5) is 0 Å². The van der Waals surface area contributed by atoms with Gasteiger partial charge in [0.05, 0.1) is 0 Å². The van der Waals surface area contributed by atoms with Gasteiger partial charge in [-0.25, -0.2) is 0 Å². The molecule has 0 aromatic heterocycles. The fourth-order valence-corrected chi connectivity index (χ4v) is 3.30. The molecule has 1 amide bonds. The fraction of sp³-hybridized carbons (Fsp3) is 0.429. The molecule has 1 aliphatic rings. The molecule has 0 spiro atoms. The van der Waals surface area contributed by atoms with Crippen LogP contribution in [0.3, 0.4) is 0 Å². The number of Topliss-reactive ketones (excluding diaryl/α,β-unsaturated/α-hetero) is 1. The number of hydrogen-bond donors (Lipinski definition) is 4. The molecule has 0 unspecified atom stereocenters. The molecule has 1 aromatic carbocycles. The number of ketones is 1. The number of aromatic hydroxyl groups is 1. The lowest BCUT2D eigenvalue weighted by atomic mass is 9.90. The molecule has 1 saturated heterocycles. The van der Waals surface area contributed by atoms with Gasteiger partial charge in [-0.05, 0) is 43.4 Å². The van der Waals surface area contributed by atoms with Gasteiger partial charge in [0, 0.05) is 5.92 Å². The maximum Gasteiger partial charge on any atom is 0.259 e. The van der Waals surface area contributed by atoms with Crippen molar-refractivity contribution in [1.82, 2.24) is 5.32 Å². The Balaban J connectivity index is 2.18. The van der Waals surface area contributed by atoms with E-state index in [0.717, 1.165) is 6.42 Å². The summed E-state index contributed by atoms with van der Waals surface area (Å²) in [5.74, 6) is -1.55. The second kappa shape index (κ2) is 8.86. The minimum absolute atomic E-state index is 0.0341. The highest BCUT2D eigenvalue weighted by Crippen LogP contribution is 2.29. The lowest BCUT2D eigenvalue weighted by Gasteiger charge is -2.17. The molecule has 1 aromatic rings. The maximum absolute atomic E-state index is 12.7. The summed E-state index contributed by atoms with van der Waals surface area (Å²) < 4.78 is 0. The summed E-state index contributed by atoms with van der Waals surface area (Å²) in [6.07, 6.45) is 4.22. The quantitative estimate of drug-likeness (QED) is 0.254. The normalized spacial score (nSPS) is 22.6. The Labute approximate surface area is 159 Å². The minimum Gasteiger partial charge on any atom is -0.511 e. The number of aliphatic hydroxyl groups excluding tert-OH is 2. The number of aliphatic hydroxyl groups is 2. The average molecular weight is 373 g/mol. The van der Waals surface area contributed by atoms with E-state index in [0.29, 0.717) is 12.0 Å².